The van der Waals surface area contributed by atoms with Gasteiger partial charge in [-0.1, -0.05) is 79.4 Å². The molecule has 0 radical (unpaired) electrons. The lowest BCUT2D eigenvalue weighted by Gasteiger charge is -2.22. The maximum absolute atomic E-state index is 12.8. The Bertz CT molecular complexity index is 1520. The Morgan fingerprint density at radius 1 is 0.674 bits per heavy atom. The minimum absolute atomic E-state index is 0.124. The van der Waals surface area contributed by atoms with Gasteiger partial charge in [0.25, 0.3) is 17.7 Å². The largest absolute Gasteiger partial charge is 0.398 e. The molecule has 5 rings (SSSR count). The van der Waals surface area contributed by atoms with E-state index in [0.29, 0.717) is 67.1 Å². The van der Waals surface area contributed by atoms with E-state index >= 15 is 0 Å². The molecule has 10 heteroatoms. The number of hydrogen-bond donors (Lipinski definition) is 4. The average molecular weight is 686 g/mol. The summed E-state index contributed by atoms with van der Waals surface area (Å²) in [5, 5.41) is 10.3. The quantitative estimate of drug-likeness (QED) is 0.177. The number of nitrogen functional groups attached to an aromatic ring is 1. The lowest BCUT2D eigenvalue weighted by Crippen LogP contribution is -2.31. The van der Waals surface area contributed by atoms with Gasteiger partial charge in [-0.3, -0.25) is 14.4 Å². The van der Waals surface area contributed by atoms with Crippen molar-refractivity contribution in [3.8, 4) is 0 Å². The van der Waals surface area contributed by atoms with Crippen LogP contribution in [-0.2, 0) is 0 Å². The van der Waals surface area contributed by atoms with Crippen LogP contribution in [0.1, 0.15) is 101 Å². The zero-order valence-corrected chi connectivity index (χ0v) is 28.5. The first-order chi connectivity index (χ1) is 22.1. The van der Waals surface area contributed by atoms with Gasteiger partial charge in [0.2, 0.25) is 0 Å². The van der Waals surface area contributed by atoms with E-state index < -0.39 is 0 Å². The maximum Gasteiger partial charge on any atom is 0.256 e. The number of rotatable bonds is 8. The molecule has 0 aromatic heterocycles. The van der Waals surface area contributed by atoms with E-state index in [9.17, 15) is 14.4 Å². The summed E-state index contributed by atoms with van der Waals surface area (Å²) in [5.41, 5.74) is 8.67. The molecular weight excluding hydrogens is 643 g/mol. The van der Waals surface area contributed by atoms with Crippen LogP contribution < -0.4 is 21.7 Å². The molecular formula is C36H43Cl3N4O3. The van der Waals surface area contributed by atoms with E-state index in [2.05, 4.69) is 16.0 Å². The number of benzene rings is 3. The van der Waals surface area contributed by atoms with Crippen LogP contribution in [0.25, 0.3) is 0 Å². The highest BCUT2D eigenvalue weighted by atomic mass is 35.5. The van der Waals surface area contributed by atoms with Gasteiger partial charge in [0, 0.05) is 39.4 Å². The van der Waals surface area contributed by atoms with Crippen LogP contribution in [0.4, 0.5) is 11.4 Å². The molecule has 0 atom stereocenters. The highest BCUT2D eigenvalue weighted by Gasteiger charge is 2.20. The normalized spacial score (nSPS) is 15.3. The van der Waals surface area contributed by atoms with Gasteiger partial charge in [0.05, 0.1) is 16.8 Å². The maximum atomic E-state index is 12.8. The third-order valence-electron chi connectivity index (χ3n) is 8.80. The van der Waals surface area contributed by atoms with Crippen LogP contribution in [0.15, 0.2) is 54.6 Å². The number of halogens is 3. The fourth-order valence-electron chi connectivity index (χ4n) is 6.03. The SMILES string of the molecule is Cc1c(Cl)cccc1C(=O)Nc1ccc(Cl)cc1C(=O)NCC1CCCCC1.Nc1ccc(Cl)cc1C(=O)NCC1CCCCC1. The van der Waals surface area contributed by atoms with Crippen molar-refractivity contribution in [2.75, 3.05) is 24.1 Å². The Hall–Kier alpha value is -3.26. The highest BCUT2D eigenvalue weighted by molar-refractivity contribution is 6.32. The van der Waals surface area contributed by atoms with Gasteiger partial charge in [-0.2, -0.15) is 0 Å². The molecule has 3 aromatic rings. The minimum Gasteiger partial charge on any atom is -0.398 e. The number of carbonyl (C=O) groups is 3. The molecule has 246 valence electrons. The Balaban J connectivity index is 0.000000230. The first-order valence-electron chi connectivity index (χ1n) is 16.1. The van der Waals surface area contributed by atoms with Crippen molar-refractivity contribution in [3.63, 3.8) is 0 Å². The third-order valence-corrected chi connectivity index (χ3v) is 9.68. The average Bonchev–Trinajstić information content (AvgIpc) is 3.07. The molecule has 5 N–H and O–H groups in total. The summed E-state index contributed by atoms with van der Waals surface area (Å²) < 4.78 is 0. The summed E-state index contributed by atoms with van der Waals surface area (Å²) in [5.74, 6) is 0.461. The standard InChI is InChI=1S/C22H24Cl2N2O2.C14H19ClN2O/c1-14-17(8-5-9-19(14)24)22(28)26-20-11-10-16(23)12-18(20)21(27)25-13-15-6-3-2-4-7-15;15-11-6-7-13(16)12(8-11)14(18)17-9-10-4-2-1-3-5-10/h5,8-12,15H,2-4,6-7,13H2,1H3,(H,25,27)(H,26,28);6-8,10H,1-5,9,16H2,(H,17,18). The first kappa shape index (κ1) is 35.6. The predicted octanol–water partition coefficient (Wildman–Crippen LogP) is 9.10. The fourth-order valence-corrected chi connectivity index (χ4v) is 6.55. The summed E-state index contributed by atoms with van der Waals surface area (Å²) in [7, 11) is 0. The van der Waals surface area contributed by atoms with Gasteiger partial charge < -0.3 is 21.7 Å². The minimum atomic E-state index is -0.316. The second kappa shape index (κ2) is 17.6. The molecule has 0 spiro atoms. The van der Waals surface area contributed by atoms with Gasteiger partial charge in [-0.25, -0.2) is 0 Å². The molecule has 0 heterocycles. The van der Waals surface area contributed by atoms with E-state index in [4.69, 9.17) is 40.5 Å². The molecule has 3 amide bonds. The molecule has 2 aliphatic rings. The summed E-state index contributed by atoms with van der Waals surface area (Å²) in [6.07, 6.45) is 12.3. The second-order valence-electron chi connectivity index (χ2n) is 12.2. The summed E-state index contributed by atoms with van der Waals surface area (Å²) in [4.78, 5) is 37.5. The molecule has 0 unspecified atom stereocenters. The van der Waals surface area contributed by atoms with Crippen molar-refractivity contribution < 1.29 is 14.4 Å². The van der Waals surface area contributed by atoms with Gasteiger partial charge >= 0.3 is 0 Å². The fraction of sp³-hybridized carbons (Fsp3) is 0.417. The lowest BCUT2D eigenvalue weighted by molar-refractivity contribution is 0.0936. The monoisotopic (exact) mass is 684 g/mol. The number of nitrogens with one attached hydrogen (secondary N) is 3. The Morgan fingerprint density at radius 2 is 1.20 bits per heavy atom. The molecule has 3 aromatic carbocycles. The zero-order valence-electron chi connectivity index (χ0n) is 26.3. The molecule has 0 aliphatic heterocycles. The molecule has 7 nitrogen and oxygen atoms in total. The van der Waals surface area contributed by atoms with E-state index in [1.807, 2.05) is 0 Å². The summed E-state index contributed by atoms with van der Waals surface area (Å²) in [6.45, 7) is 3.17. The Kier molecular flexibility index (Phi) is 13.6. The Labute approximate surface area is 286 Å². The molecule has 46 heavy (non-hydrogen) atoms. The molecule has 2 fully saturated rings. The van der Waals surface area contributed by atoms with Crippen molar-refractivity contribution in [2.45, 2.75) is 71.1 Å². The van der Waals surface area contributed by atoms with Crippen molar-refractivity contribution in [1.82, 2.24) is 10.6 Å². The first-order valence-corrected chi connectivity index (χ1v) is 17.2. The third kappa shape index (κ3) is 10.4. The van der Waals surface area contributed by atoms with Crippen molar-refractivity contribution >= 4 is 63.9 Å². The predicted molar refractivity (Wildman–Crippen MR) is 189 cm³/mol. The van der Waals surface area contributed by atoms with Crippen LogP contribution in [0.3, 0.4) is 0 Å². The molecule has 0 bridgehead atoms. The lowest BCUT2D eigenvalue weighted by atomic mass is 9.89. The zero-order chi connectivity index (χ0) is 33.1. The van der Waals surface area contributed by atoms with Crippen LogP contribution in [0.5, 0.6) is 0 Å². The number of anilines is 2. The van der Waals surface area contributed by atoms with E-state index in [1.54, 1.807) is 61.5 Å². The van der Waals surface area contributed by atoms with E-state index in [-0.39, 0.29) is 17.7 Å². The number of nitrogens with two attached hydrogens (primary N) is 1. The summed E-state index contributed by atoms with van der Waals surface area (Å²) >= 11 is 18.1. The number of amides is 3. The van der Waals surface area contributed by atoms with Crippen LogP contribution >= 0.6 is 34.8 Å². The molecule has 0 saturated heterocycles. The van der Waals surface area contributed by atoms with Crippen LogP contribution in [-0.4, -0.2) is 30.8 Å². The van der Waals surface area contributed by atoms with E-state index in [0.717, 1.165) is 19.4 Å². The van der Waals surface area contributed by atoms with Gasteiger partial charge in [-0.15, -0.1) is 0 Å². The highest BCUT2D eigenvalue weighted by Crippen LogP contribution is 2.26. The van der Waals surface area contributed by atoms with Crippen LogP contribution in [0, 0.1) is 18.8 Å². The van der Waals surface area contributed by atoms with Crippen molar-refractivity contribution in [2.24, 2.45) is 11.8 Å². The smallest absolute Gasteiger partial charge is 0.256 e. The van der Waals surface area contributed by atoms with Gasteiger partial charge in [-0.05, 0) is 98.5 Å². The number of carbonyl (C=O) groups excluding carboxylic acids is 3. The van der Waals surface area contributed by atoms with E-state index in [1.165, 1.54) is 51.4 Å². The Morgan fingerprint density at radius 3 is 1.78 bits per heavy atom. The van der Waals surface area contributed by atoms with Crippen molar-refractivity contribution in [3.05, 3.63) is 91.9 Å². The molecule has 2 saturated carbocycles. The van der Waals surface area contributed by atoms with Gasteiger partial charge in [0.1, 0.15) is 0 Å². The topological polar surface area (TPSA) is 113 Å². The van der Waals surface area contributed by atoms with Gasteiger partial charge in [0.15, 0.2) is 0 Å². The molecule has 2 aliphatic carbocycles. The number of hydrogen-bond acceptors (Lipinski definition) is 4. The van der Waals surface area contributed by atoms with Crippen molar-refractivity contribution in [1.29, 1.82) is 0 Å². The summed E-state index contributed by atoms with van der Waals surface area (Å²) in [6, 6.07) is 15.0. The van der Waals surface area contributed by atoms with Crippen LogP contribution in [0.2, 0.25) is 15.1 Å². The second-order valence-corrected chi connectivity index (χ2v) is 13.5.